The Bertz CT molecular complexity index is 957. The smallest absolute Gasteiger partial charge is 0.242 e. The summed E-state index contributed by atoms with van der Waals surface area (Å²) in [5.74, 6) is 1.91. The first-order chi connectivity index (χ1) is 11.8. The van der Waals surface area contributed by atoms with Crippen molar-refractivity contribution in [2.75, 3.05) is 0 Å². The molecule has 0 atom stereocenters. The summed E-state index contributed by atoms with van der Waals surface area (Å²) in [6, 6.07) is 3.75. The summed E-state index contributed by atoms with van der Waals surface area (Å²) in [4.78, 5) is 19.7. The van der Waals surface area contributed by atoms with Gasteiger partial charge in [0.1, 0.15) is 23.3 Å². The number of allylic oxidation sites excluding steroid dienone is 4. The van der Waals surface area contributed by atoms with Crippen LogP contribution in [0, 0.1) is 5.92 Å². The van der Waals surface area contributed by atoms with Gasteiger partial charge >= 0.3 is 0 Å². The van der Waals surface area contributed by atoms with Crippen LogP contribution in [0.5, 0.6) is 0 Å². The molecular weight excluding hydrogens is 307 g/mol. The lowest BCUT2D eigenvalue weighted by atomic mass is 10.1. The van der Waals surface area contributed by atoms with Crippen molar-refractivity contribution >= 4 is 23.6 Å². The lowest BCUT2D eigenvalue weighted by molar-refractivity contribution is 0.629. The van der Waals surface area contributed by atoms with E-state index in [-0.39, 0.29) is 5.92 Å². The van der Waals surface area contributed by atoms with E-state index in [0.717, 1.165) is 0 Å². The van der Waals surface area contributed by atoms with Gasteiger partial charge in [0.2, 0.25) is 11.9 Å². The third kappa shape index (κ3) is 1.95. The Morgan fingerprint density at radius 3 is 2.46 bits per heavy atom. The summed E-state index contributed by atoms with van der Waals surface area (Å²) < 4.78 is 15.8. The van der Waals surface area contributed by atoms with Crippen molar-refractivity contribution in [2.24, 2.45) is 25.9 Å². The van der Waals surface area contributed by atoms with Crippen LogP contribution in [0.1, 0.15) is 0 Å². The molecule has 0 saturated carbocycles. The van der Waals surface area contributed by atoms with Crippen molar-refractivity contribution in [3.8, 4) is 0 Å². The molecular formula is C17H11FN6. The highest BCUT2D eigenvalue weighted by atomic mass is 19.1. The number of aliphatic imine (C=N–C) groups is 4. The number of aromatic nitrogens is 1. The molecule has 0 spiro atoms. The maximum Gasteiger partial charge on any atom is 0.242 e. The molecule has 6 nitrogen and oxygen atoms in total. The fourth-order valence-corrected chi connectivity index (χ4v) is 2.83. The first-order valence-electron chi connectivity index (χ1n) is 7.50. The second-order valence-corrected chi connectivity index (χ2v) is 5.52. The van der Waals surface area contributed by atoms with Gasteiger partial charge in [0.15, 0.2) is 0 Å². The van der Waals surface area contributed by atoms with Crippen LogP contribution in [-0.2, 0) is 0 Å². The van der Waals surface area contributed by atoms with E-state index >= 15 is 0 Å². The second-order valence-electron chi connectivity index (χ2n) is 5.52. The molecule has 4 heterocycles. The highest BCUT2D eigenvalue weighted by Gasteiger charge is 2.33. The van der Waals surface area contributed by atoms with Crippen molar-refractivity contribution in [3.05, 3.63) is 72.6 Å². The van der Waals surface area contributed by atoms with Crippen molar-refractivity contribution in [3.63, 3.8) is 0 Å². The lowest BCUT2D eigenvalue weighted by Crippen LogP contribution is -2.43. The predicted octanol–water partition coefficient (Wildman–Crippen LogP) is 2.63. The van der Waals surface area contributed by atoms with Crippen LogP contribution >= 0.6 is 0 Å². The van der Waals surface area contributed by atoms with Gasteiger partial charge in [-0.2, -0.15) is 15.0 Å². The molecule has 24 heavy (non-hydrogen) atoms. The molecule has 4 aliphatic rings. The Morgan fingerprint density at radius 2 is 1.67 bits per heavy atom. The molecule has 1 aromatic heterocycles. The Kier molecular flexibility index (Phi) is 2.64. The van der Waals surface area contributed by atoms with Crippen LogP contribution in [0.3, 0.4) is 0 Å². The van der Waals surface area contributed by atoms with Crippen molar-refractivity contribution < 1.29 is 4.39 Å². The van der Waals surface area contributed by atoms with E-state index in [1.165, 1.54) is 12.2 Å². The molecule has 0 bridgehead atoms. The van der Waals surface area contributed by atoms with Crippen molar-refractivity contribution in [2.45, 2.75) is 0 Å². The van der Waals surface area contributed by atoms with Gasteiger partial charge in [-0.3, -0.25) is 4.57 Å². The zero-order valence-corrected chi connectivity index (χ0v) is 12.4. The average Bonchev–Trinajstić information content (AvgIpc) is 3.28. The van der Waals surface area contributed by atoms with Crippen LogP contribution in [0.15, 0.2) is 92.6 Å². The van der Waals surface area contributed by atoms with E-state index in [0.29, 0.717) is 29.4 Å². The minimum atomic E-state index is -0.393. The molecule has 0 fully saturated rings. The fraction of sp³-hybridized carbons (Fsp3) is 0.0588. The van der Waals surface area contributed by atoms with Gasteiger partial charge < -0.3 is 0 Å². The number of amidine groups is 2. The molecule has 0 aromatic carbocycles. The normalized spacial score (nSPS) is 21.6. The standard InChI is InChI=1S/C17H11FN6/c18-12-9-13-19-15(11-5-1-2-6-11)21-17-22-16(23-7-3-4-8-23)20-14(10-12)24(13)17/h1-11H. The number of hydrogen-bond acceptors (Lipinski definition) is 5. The average molecular weight is 318 g/mol. The highest BCUT2D eigenvalue weighted by Crippen LogP contribution is 2.28. The zero-order valence-electron chi connectivity index (χ0n) is 12.4. The molecule has 1 aromatic rings. The van der Waals surface area contributed by atoms with Gasteiger partial charge in [-0.1, -0.05) is 24.3 Å². The van der Waals surface area contributed by atoms with E-state index in [1.54, 1.807) is 9.47 Å². The van der Waals surface area contributed by atoms with Crippen LogP contribution in [-0.4, -0.2) is 33.1 Å². The second kappa shape index (κ2) is 4.82. The summed E-state index contributed by atoms with van der Waals surface area (Å²) in [7, 11) is 0. The van der Waals surface area contributed by atoms with Gasteiger partial charge in [0, 0.05) is 24.5 Å². The third-order valence-electron chi connectivity index (χ3n) is 3.93. The summed E-state index contributed by atoms with van der Waals surface area (Å²) in [5.41, 5.74) is 0. The number of guanidine groups is 1. The molecule has 0 radical (unpaired) electrons. The maximum absolute atomic E-state index is 14.0. The minimum absolute atomic E-state index is 0.0259. The van der Waals surface area contributed by atoms with Crippen LogP contribution in [0.25, 0.3) is 0 Å². The summed E-state index contributed by atoms with van der Waals surface area (Å²) in [6.45, 7) is 0. The van der Waals surface area contributed by atoms with Gasteiger partial charge in [-0.25, -0.2) is 14.3 Å². The zero-order chi connectivity index (χ0) is 16.1. The van der Waals surface area contributed by atoms with E-state index in [4.69, 9.17) is 0 Å². The Balaban J connectivity index is 1.67. The molecule has 7 heteroatoms. The fourth-order valence-electron chi connectivity index (χ4n) is 2.83. The number of halogens is 1. The third-order valence-corrected chi connectivity index (χ3v) is 3.93. The Morgan fingerprint density at radius 1 is 0.875 bits per heavy atom. The number of rotatable bonds is 1. The van der Waals surface area contributed by atoms with Crippen molar-refractivity contribution in [1.82, 2.24) is 9.47 Å². The maximum atomic E-state index is 14.0. The van der Waals surface area contributed by atoms with Crippen LogP contribution in [0.2, 0.25) is 0 Å². The van der Waals surface area contributed by atoms with E-state index in [2.05, 4.69) is 20.0 Å². The molecule has 1 aliphatic carbocycles. The first-order valence-corrected chi connectivity index (χ1v) is 7.50. The molecule has 0 saturated heterocycles. The lowest BCUT2D eigenvalue weighted by Gasteiger charge is -2.32. The van der Waals surface area contributed by atoms with Crippen LogP contribution in [0.4, 0.5) is 4.39 Å². The quantitative estimate of drug-likeness (QED) is 0.785. The molecule has 5 rings (SSSR count). The number of nitrogens with zero attached hydrogens (tertiary/aromatic N) is 6. The highest BCUT2D eigenvalue weighted by molar-refractivity contribution is 6.21. The van der Waals surface area contributed by atoms with Crippen LogP contribution < -0.4 is 0 Å². The SMILES string of the molecule is FC1=CC2=NC(n3cccc3)=NC3=NC(C4C=CC=C4)=NC(=C1)N23. The Hall–Kier alpha value is -3.35. The molecule has 3 aliphatic heterocycles. The summed E-state index contributed by atoms with van der Waals surface area (Å²) >= 11 is 0. The first kappa shape index (κ1) is 13.1. The van der Waals surface area contributed by atoms with E-state index < -0.39 is 5.83 Å². The van der Waals surface area contributed by atoms with Gasteiger partial charge in [0.05, 0.1) is 5.92 Å². The predicted molar refractivity (Wildman–Crippen MR) is 90.5 cm³/mol. The van der Waals surface area contributed by atoms with E-state index in [1.807, 2.05) is 48.8 Å². The largest absolute Gasteiger partial charge is 0.293 e. The van der Waals surface area contributed by atoms with E-state index in [9.17, 15) is 4.39 Å². The molecule has 0 N–H and O–H groups in total. The van der Waals surface area contributed by atoms with Gasteiger partial charge in [-0.15, -0.1) is 0 Å². The number of hydrogen-bond donors (Lipinski definition) is 0. The summed E-state index contributed by atoms with van der Waals surface area (Å²) in [5, 5.41) is 0. The summed E-state index contributed by atoms with van der Waals surface area (Å²) in [6.07, 6.45) is 14.2. The van der Waals surface area contributed by atoms with Gasteiger partial charge in [0.25, 0.3) is 0 Å². The monoisotopic (exact) mass is 318 g/mol. The van der Waals surface area contributed by atoms with Crippen molar-refractivity contribution in [1.29, 1.82) is 0 Å². The molecule has 0 unspecified atom stereocenters. The topological polar surface area (TPSA) is 57.6 Å². The van der Waals surface area contributed by atoms with Gasteiger partial charge in [-0.05, 0) is 12.1 Å². The minimum Gasteiger partial charge on any atom is -0.293 e. The molecule has 0 amide bonds. The Labute approximate surface area is 136 Å². The molecule has 116 valence electrons.